The summed E-state index contributed by atoms with van der Waals surface area (Å²) in [5.74, 6) is 0. The Morgan fingerprint density at radius 3 is 1.76 bits per heavy atom. The molecular formula is C27H17N5Re. The monoisotopic (exact) mass is 598 g/mol. The summed E-state index contributed by atoms with van der Waals surface area (Å²) < 4.78 is 0. The number of nitrogens with one attached hydrogen (secondary N) is 2. The van der Waals surface area contributed by atoms with E-state index in [2.05, 4.69) is 16.0 Å². The minimum atomic E-state index is 0. The molecule has 0 aliphatic carbocycles. The van der Waals surface area contributed by atoms with Gasteiger partial charge in [-0.3, -0.25) is 0 Å². The fourth-order valence-corrected chi connectivity index (χ4v) is 4.10. The molecule has 0 spiro atoms. The largest absolute Gasteiger partial charge is 0.355 e. The van der Waals surface area contributed by atoms with Gasteiger partial charge in [-0.2, -0.15) is 5.26 Å². The predicted molar refractivity (Wildman–Crippen MR) is 129 cm³/mol. The number of hydrogen-bond acceptors (Lipinski definition) is 3. The number of hydrogen-bond donors (Lipinski definition) is 2. The number of benzene rings is 1. The van der Waals surface area contributed by atoms with E-state index in [0.717, 1.165) is 56.0 Å². The van der Waals surface area contributed by atoms with Gasteiger partial charge in [-0.25, -0.2) is 9.97 Å². The zero-order valence-corrected chi connectivity index (χ0v) is 20.1. The summed E-state index contributed by atoms with van der Waals surface area (Å²) in [7, 11) is 0. The van der Waals surface area contributed by atoms with Crippen LogP contribution in [0.15, 0.2) is 66.7 Å². The summed E-state index contributed by atoms with van der Waals surface area (Å²) in [6, 6.07) is 24.3. The Morgan fingerprint density at radius 2 is 1.18 bits per heavy atom. The van der Waals surface area contributed by atoms with Crippen LogP contribution in [0.1, 0.15) is 28.3 Å². The number of aromatic amines is 2. The molecule has 33 heavy (non-hydrogen) atoms. The average Bonchev–Trinajstić information content (AvgIpc) is 3.58. The van der Waals surface area contributed by atoms with Gasteiger partial charge in [0, 0.05) is 42.5 Å². The van der Waals surface area contributed by atoms with Gasteiger partial charge in [0.25, 0.3) is 0 Å². The first kappa shape index (κ1) is 20.9. The van der Waals surface area contributed by atoms with Crippen LogP contribution in [0.3, 0.4) is 0 Å². The maximum Gasteiger partial charge on any atom is 0.102 e. The van der Waals surface area contributed by atoms with Gasteiger partial charge in [0.15, 0.2) is 0 Å². The van der Waals surface area contributed by atoms with Crippen LogP contribution in [0.5, 0.6) is 0 Å². The molecular weight excluding hydrogens is 581 g/mol. The number of nitriles is 1. The fourth-order valence-electron chi connectivity index (χ4n) is 4.10. The van der Waals surface area contributed by atoms with Crippen LogP contribution in [-0.4, -0.2) is 19.9 Å². The maximum atomic E-state index is 10.1. The Balaban J connectivity index is 0.00000228. The topological polar surface area (TPSA) is 81.2 Å². The molecule has 5 heterocycles. The van der Waals surface area contributed by atoms with E-state index in [4.69, 9.17) is 9.97 Å². The summed E-state index contributed by atoms with van der Waals surface area (Å²) in [6.07, 6.45) is 7.90. The van der Waals surface area contributed by atoms with Gasteiger partial charge in [0.2, 0.25) is 0 Å². The van der Waals surface area contributed by atoms with Crippen molar-refractivity contribution in [3.05, 3.63) is 95.1 Å². The summed E-state index contributed by atoms with van der Waals surface area (Å²) in [5.41, 5.74) is 9.29. The van der Waals surface area contributed by atoms with Crippen molar-refractivity contribution in [2.24, 2.45) is 0 Å². The van der Waals surface area contributed by atoms with E-state index in [1.165, 1.54) is 0 Å². The number of H-pyrrole nitrogens is 2. The average molecular weight is 598 g/mol. The first-order chi connectivity index (χ1) is 15.7. The first-order valence-corrected chi connectivity index (χ1v) is 10.3. The minimum absolute atomic E-state index is 0. The molecule has 1 aromatic carbocycles. The van der Waals surface area contributed by atoms with Crippen molar-refractivity contribution in [2.45, 2.75) is 0 Å². The molecule has 2 aliphatic heterocycles. The van der Waals surface area contributed by atoms with Gasteiger partial charge in [-0.1, -0.05) is 30.3 Å². The molecule has 1 radical (unpaired) electrons. The third kappa shape index (κ3) is 3.97. The van der Waals surface area contributed by atoms with Gasteiger partial charge in [0.05, 0.1) is 33.9 Å². The smallest absolute Gasteiger partial charge is 0.102 e. The molecule has 0 atom stereocenters. The Bertz CT molecular complexity index is 1630. The van der Waals surface area contributed by atoms with E-state index in [-0.39, 0.29) is 20.4 Å². The fraction of sp³-hybridized carbons (Fsp3) is 0. The second-order valence-corrected chi connectivity index (χ2v) is 7.72. The summed E-state index contributed by atoms with van der Waals surface area (Å²) in [4.78, 5) is 16.3. The molecule has 2 aliphatic rings. The molecule has 4 aromatic rings. The van der Waals surface area contributed by atoms with Crippen LogP contribution < -0.4 is 0 Å². The van der Waals surface area contributed by atoms with Gasteiger partial charge in [-0.05, 0) is 66.3 Å². The van der Waals surface area contributed by atoms with Crippen LogP contribution in [0.2, 0.25) is 0 Å². The van der Waals surface area contributed by atoms with Crippen molar-refractivity contribution in [3.8, 4) is 17.2 Å². The van der Waals surface area contributed by atoms with Crippen molar-refractivity contribution in [1.82, 2.24) is 19.9 Å². The van der Waals surface area contributed by atoms with E-state index >= 15 is 0 Å². The van der Waals surface area contributed by atoms with E-state index in [1.807, 2.05) is 91.0 Å². The molecule has 2 N–H and O–H groups in total. The minimum Gasteiger partial charge on any atom is -0.355 e. The number of fused-ring (bicyclic) bond motifs is 8. The third-order valence-corrected chi connectivity index (χ3v) is 5.52. The van der Waals surface area contributed by atoms with Crippen molar-refractivity contribution in [2.75, 3.05) is 0 Å². The Kier molecular flexibility index (Phi) is 5.36. The molecule has 8 bridgehead atoms. The van der Waals surface area contributed by atoms with Gasteiger partial charge in [-0.15, -0.1) is 0 Å². The molecule has 0 saturated carbocycles. The molecule has 0 saturated heterocycles. The summed E-state index contributed by atoms with van der Waals surface area (Å²) in [6.45, 7) is 0. The molecule has 157 valence electrons. The third-order valence-electron chi connectivity index (χ3n) is 5.52. The van der Waals surface area contributed by atoms with Gasteiger partial charge >= 0.3 is 0 Å². The number of rotatable bonds is 1. The second kappa shape index (κ2) is 8.49. The predicted octanol–water partition coefficient (Wildman–Crippen LogP) is 6.19. The van der Waals surface area contributed by atoms with Crippen molar-refractivity contribution >= 4 is 46.4 Å². The van der Waals surface area contributed by atoms with Crippen molar-refractivity contribution < 1.29 is 20.4 Å². The molecule has 0 unspecified atom stereocenters. The van der Waals surface area contributed by atoms with Crippen LogP contribution in [-0.2, 0) is 20.4 Å². The second-order valence-electron chi connectivity index (χ2n) is 7.72. The SMILES string of the molecule is N#Cc1c(-c2ccccc2)c2cc3nc(cc4ccc(cc5nc(cc1[nH]2)C=C5)[nH]4)C=C3.[Re]. The van der Waals surface area contributed by atoms with Crippen molar-refractivity contribution in [3.63, 3.8) is 0 Å². The van der Waals surface area contributed by atoms with Crippen molar-refractivity contribution in [1.29, 1.82) is 5.26 Å². The zero-order chi connectivity index (χ0) is 21.5. The zero-order valence-electron chi connectivity index (χ0n) is 17.4. The maximum absolute atomic E-state index is 10.1. The Hall–Kier alpha value is -4.03. The molecule has 0 amide bonds. The molecule has 0 fully saturated rings. The first-order valence-electron chi connectivity index (χ1n) is 10.3. The normalized spacial score (nSPS) is 11.7. The molecule has 6 rings (SSSR count). The van der Waals surface area contributed by atoms with Crippen LogP contribution in [0.4, 0.5) is 0 Å². The van der Waals surface area contributed by atoms with Crippen LogP contribution in [0, 0.1) is 11.3 Å². The van der Waals surface area contributed by atoms with E-state index in [0.29, 0.717) is 5.56 Å². The van der Waals surface area contributed by atoms with Crippen LogP contribution >= 0.6 is 0 Å². The van der Waals surface area contributed by atoms with E-state index in [1.54, 1.807) is 0 Å². The summed E-state index contributed by atoms with van der Waals surface area (Å²) in [5, 5.41) is 10.1. The number of nitrogens with zero attached hydrogens (tertiary/aromatic N) is 3. The standard InChI is InChI=1S/C27H17N5.Re/c28-16-24-25-14-22-10-8-20(30-22)12-18-6-7-19(29-18)13-21-9-11-23(31-21)15-26(32-25)27(24)17-4-2-1-3-5-17;/h1-15,29,32H;. The summed E-state index contributed by atoms with van der Waals surface area (Å²) >= 11 is 0. The van der Waals surface area contributed by atoms with E-state index in [9.17, 15) is 5.26 Å². The Labute approximate surface area is 203 Å². The Morgan fingerprint density at radius 1 is 0.636 bits per heavy atom. The molecule has 6 heteroatoms. The number of aromatic nitrogens is 4. The van der Waals surface area contributed by atoms with Gasteiger partial charge < -0.3 is 9.97 Å². The molecule has 5 nitrogen and oxygen atoms in total. The van der Waals surface area contributed by atoms with E-state index < -0.39 is 0 Å². The quantitative estimate of drug-likeness (QED) is 0.237. The van der Waals surface area contributed by atoms with Gasteiger partial charge in [0.1, 0.15) is 6.07 Å². The molecule has 3 aromatic heterocycles. The van der Waals surface area contributed by atoms with Crippen LogP contribution in [0.25, 0.3) is 57.5 Å².